The fourth-order valence-corrected chi connectivity index (χ4v) is 3.71. The molecule has 1 amide bonds. The van der Waals surface area contributed by atoms with Crippen molar-refractivity contribution < 1.29 is 4.79 Å². The maximum absolute atomic E-state index is 12.4. The Balaban J connectivity index is 1.73. The van der Waals surface area contributed by atoms with E-state index in [4.69, 9.17) is 0 Å². The summed E-state index contributed by atoms with van der Waals surface area (Å²) in [6.45, 7) is 2.09. The van der Waals surface area contributed by atoms with E-state index >= 15 is 0 Å². The molecule has 0 unspecified atom stereocenters. The summed E-state index contributed by atoms with van der Waals surface area (Å²) in [4.78, 5) is 14.3. The molecule has 0 fully saturated rings. The van der Waals surface area contributed by atoms with Gasteiger partial charge in [-0.3, -0.25) is 4.79 Å². The summed E-state index contributed by atoms with van der Waals surface area (Å²) in [5.74, 6) is 0.547. The molecule has 19 heavy (non-hydrogen) atoms. The Hall–Kier alpha value is -1.40. The van der Waals surface area contributed by atoms with E-state index in [2.05, 4.69) is 23.2 Å². The van der Waals surface area contributed by atoms with Gasteiger partial charge >= 0.3 is 0 Å². The third kappa shape index (κ3) is 2.50. The van der Waals surface area contributed by atoms with Gasteiger partial charge < -0.3 is 4.90 Å². The number of hydrogen-bond donors (Lipinski definition) is 0. The Bertz CT molecular complexity index is 585. The summed E-state index contributed by atoms with van der Waals surface area (Å²) in [7, 11) is 0. The zero-order valence-corrected chi connectivity index (χ0v) is 12.1. The van der Waals surface area contributed by atoms with E-state index in [0.717, 1.165) is 16.4 Å². The largest absolute Gasteiger partial charge is 0.308 e. The quantitative estimate of drug-likeness (QED) is 0.816. The highest BCUT2D eigenvalue weighted by molar-refractivity contribution is 8.01. The van der Waals surface area contributed by atoms with E-state index in [1.54, 1.807) is 5.51 Å². The molecule has 98 valence electrons. The normalized spacial score (nSPS) is 17.5. The first-order valence-electron chi connectivity index (χ1n) is 6.04. The van der Waals surface area contributed by atoms with E-state index in [1.807, 2.05) is 23.1 Å². The van der Waals surface area contributed by atoms with Crippen LogP contribution in [0.2, 0.25) is 0 Å². The van der Waals surface area contributed by atoms with Gasteiger partial charge in [-0.15, -0.1) is 10.2 Å². The zero-order valence-electron chi connectivity index (χ0n) is 10.4. The molecule has 0 saturated carbocycles. The van der Waals surface area contributed by atoms with Crippen LogP contribution in [0.3, 0.4) is 0 Å². The molecule has 1 aromatic heterocycles. The summed E-state index contributed by atoms with van der Waals surface area (Å²) >= 11 is 2.92. The maximum Gasteiger partial charge on any atom is 0.237 e. The lowest BCUT2D eigenvalue weighted by Gasteiger charge is -2.22. The van der Waals surface area contributed by atoms with E-state index in [9.17, 15) is 4.79 Å². The molecule has 0 aliphatic carbocycles. The Morgan fingerprint density at radius 1 is 1.53 bits per heavy atom. The monoisotopic (exact) mass is 291 g/mol. The van der Waals surface area contributed by atoms with E-state index < -0.39 is 0 Å². The predicted octanol–water partition coefficient (Wildman–Crippen LogP) is 2.61. The zero-order chi connectivity index (χ0) is 13.2. The van der Waals surface area contributed by atoms with Gasteiger partial charge in [0.25, 0.3) is 0 Å². The second kappa shape index (κ2) is 5.30. The van der Waals surface area contributed by atoms with Crippen LogP contribution in [0.4, 0.5) is 5.69 Å². The molecular formula is C13H13N3OS2. The van der Waals surface area contributed by atoms with Crippen molar-refractivity contribution in [3.05, 3.63) is 35.3 Å². The number of fused-ring (bicyclic) bond motifs is 1. The molecule has 0 N–H and O–H groups in total. The second-order valence-corrected chi connectivity index (χ2v) is 6.49. The predicted molar refractivity (Wildman–Crippen MR) is 77.7 cm³/mol. The van der Waals surface area contributed by atoms with E-state index in [0.29, 0.717) is 5.75 Å². The molecular weight excluding hydrogens is 278 g/mol. The standard InChI is InChI=1S/C13H13N3OS2/c1-9-6-10-4-2-3-5-11(10)16(9)12(17)7-18-13-15-14-8-19-13/h2-5,8-9H,6-7H2,1H3/t9-/m1/s1. The van der Waals surface area contributed by atoms with E-state index in [-0.39, 0.29) is 11.9 Å². The number of amides is 1. The topological polar surface area (TPSA) is 46.1 Å². The van der Waals surface area contributed by atoms with Crippen molar-refractivity contribution in [1.82, 2.24) is 10.2 Å². The number of hydrogen-bond acceptors (Lipinski definition) is 5. The van der Waals surface area contributed by atoms with Crippen LogP contribution in [-0.4, -0.2) is 27.9 Å². The van der Waals surface area contributed by atoms with Crippen molar-refractivity contribution in [1.29, 1.82) is 0 Å². The lowest BCUT2D eigenvalue weighted by molar-refractivity contribution is -0.116. The summed E-state index contributed by atoms with van der Waals surface area (Å²) in [5, 5.41) is 7.71. The minimum atomic E-state index is 0.137. The molecule has 2 aromatic rings. The molecule has 0 radical (unpaired) electrons. The highest BCUT2D eigenvalue weighted by atomic mass is 32.2. The van der Waals surface area contributed by atoms with Gasteiger partial charge in [0.05, 0.1) is 5.75 Å². The number of anilines is 1. The number of thioether (sulfide) groups is 1. The minimum Gasteiger partial charge on any atom is -0.308 e. The Labute approximate surface area is 119 Å². The van der Waals surface area contributed by atoms with Gasteiger partial charge in [0.1, 0.15) is 5.51 Å². The first-order chi connectivity index (χ1) is 9.25. The summed E-state index contributed by atoms with van der Waals surface area (Å²) < 4.78 is 0.841. The van der Waals surface area contributed by atoms with Crippen LogP contribution in [0.25, 0.3) is 0 Å². The number of aromatic nitrogens is 2. The average Bonchev–Trinajstić information content (AvgIpc) is 3.02. The third-order valence-corrected chi connectivity index (χ3v) is 4.98. The van der Waals surface area contributed by atoms with Gasteiger partial charge in [0.15, 0.2) is 4.34 Å². The lowest BCUT2D eigenvalue weighted by Crippen LogP contribution is -2.36. The Morgan fingerprint density at radius 3 is 3.16 bits per heavy atom. The molecule has 1 aromatic carbocycles. The molecule has 4 nitrogen and oxygen atoms in total. The molecule has 1 atom stereocenters. The number of carbonyl (C=O) groups excluding carboxylic acids is 1. The van der Waals surface area contributed by atoms with Crippen molar-refractivity contribution in [3.63, 3.8) is 0 Å². The first-order valence-corrected chi connectivity index (χ1v) is 7.91. The molecule has 1 aliphatic rings. The maximum atomic E-state index is 12.4. The van der Waals surface area contributed by atoms with Crippen LogP contribution in [0, 0.1) is 0 Å². The van der Waals surface area contributed by atoms with Crippen molar-refractivity contribution in [2.24, 2.45) is 0 Å². The van der Waals surface area contributed by atoms with Crippen LogP contribution < -0.4 is 4.90 Å². The van der Waals surface area contributed by atoms with E-state index in [1.165, 1.54) is 28.7 Å². The van der Waals surface area contributed by atoms with Gasteiger partial charge in [0, 0.05) is 11.7 Å². The third-order valence-electron chi connectivity index (χ3n) is 3.14. The van der Waals surface area contributed by atoms with Crippen molar-refractivity contribution in [2.75, 3.05) is 10.7 Å². The van der Waals surface area contributed by atoms with Crippen LogP contribution in [0.15, 0.2) is 34.1 Å². The van der Waals surface area contributed by atoms with Crippen molar-refractivity contribution >= 4 is 34.7 Å². The molecule has 1 aliphatic heterocycles. The second-order valence-electron chi connectivity index (χ2n) is 4.44. The van der Waals surface area contributed by atoms with Gasteiger partial charge in [-0.1, -0.05) is 41.3 Å². The van der Waals surface area contributed by atoms with Crippen molar-refractivity contribution in [2.45, 2.75) is 23.7 Å². The lowest BCUT2D eigenvalue weighted by atomic mass is 10.1. The van der Waals surface area contributed by atoms with Gasteiger partial charge in [-0.2, -0.15) is 0 Å². The average molecular weight is 291 g/mol. The SMILES string of the molecule is C[C@@H]1Cc2ccccc2N1C(=O)CSc1nncs1. The molecule has 2 heterocycles. The Morgan fingerprint density at radius 2 is 2.37 bits per heavy atom. The fraction of sp³-hybridized carbons (Fsp3) is 0.308. The van der Waals surface area contributed by atoms with Gasteiger partial charge in [-0.05, 0) is 25.0 Å². The number of para-hydroxylation sites is 1. The Kier molecular flexibility index (Phi) is 3.52. The van der Waals surface area contributed by atoms with Crippen molar-refractivity contribution in [3.8, 4) is 0 Å². The number of carbonyl (C=O) groups is 1. The number of nitrogens with zero attached hydrogens (tertiary/aromatic N) is 3. The highest BCUT2D eigenvalue weighted by Gasteiger charge is 2.30. The van der Waals surface area contributed by atoms with Gasteiger partial charge in [0.2, 0.25) is 5.91 Å². The molecule has 0 bridgehead atoms. The van der Waals surface area contributed by atoms with Crippen LogP contribution in [-0.2, 0) is 11.2 Å². The molecule has 0 spiro atoms. The first kappa shape index (κ1) is 12.6. The highest BCUT2D eigenvalue weighted by Crippen LogP contribution is 2.32. The minimum absolute atomic E-state index is 0.137. The van der Waals surface area contributed by atoms with Crippen LogP contribution >= 0.6 is 23.1 Å². The summed E-state index contributed by atoms with van der Waals surface area (Å²) in [6, 6.07) is 8.35. The summed E-state index contributed by atoms with van der Waals surface area (Å²) in [6.07, 6.45) is 0.936. The van der Waals surface area contributed by atoms with Crippen LogP contribution in [0.1, 0.15) is 12.5 Å². The smallest absolute Gasteiger partial charge is 0.237 e. The fourth-order valence-electron chi connectivity index (χ4n) is 2.36. The number of rotatable bonds is 3. The molecule has 0 saturated heterocycles. The molecule has 6 heteroatoms. The van der Waals surface area contributed by atoms with Gasteiger partial charge in [-0.25, -0.2) is 0 Å². The number of benzene rings is 1. The summed E-state index contributed by atoms with van der Waals surface area (Å²) in [5.41, 5.74) is 3.99. The van der Waals surface area contributed by atoms with Crippen LogP contribution in [0.5, 0.6) is 0 Å². The molecule has 3 rings (SSSR count).